The van der Waals surface area contributed by atoms with E-state index in [4.69, 9.17) is 14.8 Å². The average molecular weight is 718 g/mol. The lowest BCUT2D eigenvalue weighted by molar-refractivity contribution is -0.0638. The number of para-hydroxylation sites is 1. The molecule has 4 aromatic carbocycles. The standard InChI is InChI=1S/C44H39N5O3S/c1-25-35(23-45-49(25)24-44-20-26-16-27(21-44)18-28(17-26)22-44)32-12-14-37-33(40(32)42(51)52-2)13-15-36(46-37)31-7-5-6-29-10-11-30(19-34(29)31)41(50)48-43-47-38-8-3-4-9-39(38)53-43/h3-15,19,23,26-28H,16-18,20-22,24H2,1-2H3,(H,47,48,50). The summed E-state index contributed by atoms with van der Waals surface area (Å²) in [4.78, 5) is 36.6. The van der Waals surface area contributed by atoms with E-state index in [9.17, 15) is 9.59 Å². The van der Waals surface area contributed by atoms with Crippen LogP contribution >= 0.6 is 11.3 Å². The van der Waals surface area contributed by atoms with Gasteiger partial charge in [-0.15, -0.1) is 0 Å². The molecule has 1 N–H and O–H groups in total. The molecule has 4 aliphatic carbocycles. The van der Waals surface area contributed by atoms with Gasteiger partial charge in [0.15, 0.2) is 5.13 Å². The number of hydrogen-bond acceptors (Lipinski definition) is 7. The molecule has 1 amide bonds. The van der Waals surface area contributed by atoms with Crippen LogP contribution in [0.5, 0.6) is 0 Å². The molecule has 4 bridgehead atoms. The van der Waals surface area contributed by atoms with E-state index in [2.05, 4.69) is 21.9 Å². The van der Waals surface area contributed by atoms with Crippen molar-refractivity contribution in [1.82, 2.24) is 19.7 Å². The zero-order valence-corrected chi connectivity index (χ0v) is 30.6. The lowest BCUT2D eigenvalue weighted by Gasteiger charge is -2.56. The molecule has 3 heterocycles. The quantitative estimate of drug-likeness (QED) is 0.165. The number of anilines is 1. The molecule has 0 unspecified atom stereocenters. The summed E-state index contributed by atoms with van der Waals surface area (Å²) in [7, 11) is 1.43. The number of aromatic nitrogens is 4. The Morgan fingerprint density at radius 1 is 0.830 bits per heavy atom. The zero-order chi connectivity index (χ0) is 35.8. The lowest BCUT2D eigenvalue weighted by atomic mass is 9.49. The predicted octanol–water partition coefficient (Wildman–Crippen LogP) is 10.1. The molecule has 0 radical (unpaired) electrons. The highest BCUT2D eigenvalue weighted by Gasteiger charge is 2.51. The summed E-state index contributed by atoms with van der Waals surface area (Å²) >= 11 is 1.45. The second-order valence-electron chi connectivity index (χ2n) is 15.6. The number of benzene rings is 4. The van der Waals surface area contributed by atoms with E-state index in [0.29, 0.717) is 27.2 Å². The number of hydrogen-bond donors (Lipinski definition) is 1. The summed E-state index contributed by atoms with van der Waals surface area (Å²) in [6, 6.07) is 27.5. The second-order valence-corrected chi connectivity index (χ2v) is 16.7. The van der Waals surface area contributed by atoms with Crippen molar-refractivity contribution in [3.8, 4) is 22.4 Å². The number of amides is 1. The Bertz CT molecular complexity index is 2550. The Balaban J connectivity index is 0.986. The smallest absolute Gasteiger partial charge is 0.339 e. The van der Waals surface area contributed by atoms with Crippen LogP contribution in [0.4, 0.5) is 5.13 Å². The Morgan fingerprint density at radius 3 is 2.40 bits per heavy atom. The molecule has 9 heteroatoms. The van der Waals surface area contributed by atoms with Gasteiger partial charge in [0.05, 0.1) is 40.3 Å². The first-order valence-corrected chi connectivity index (χ1v) is 19.4. The molecule has 4 saturated carbocycles. The van der Waals surface area contributed by atoms with Crippen molar-refractivity contribution in [3.05, 3.63) is 108 Å². The van der Waals surface area contributed by atoms with Gasteiger partial charge in [0.1, 0.15) is 0 Å². The Labute approximate surface area is 311 Å². The topological polar surface area (TPSA) is 99.0 Å². The van der Waals surface area contributed by atoms with Crippen molar-refractivity contribution in [2.24, 2.45) is 23.2 Å². The van der Waals surface area contributed by atoms with E-state index in [1.165, 1.54) is 57.0 Å². The van der Waals surface area contributed by atoms with Gasteiger partial charge in [-0.1, -0.05) is 53.8 Å². The van der Waals surface area contributed by atoms with Crippen LogP contribution in [-0.2, 0) is 11.3 Å². The fourth-order valence-corrected chi connectivity index (χ4v) is 11.2. The third kappa shape index (κ3) is 5.52. The molecule has 4 fully saturated rings. The molecule has 4 aliphatic rings. The molecule has 0 atom stereocenters. The summed E-state index contributed by atoms with van der Waals surface area (Å²) in [5.74, 6) is 2.02. The third-order valence-electron chi connectivity index (χ3n) is 12.2. The average Bonchev–Trinajstić information content (AvgIpc) is 3.74. The van der Waals surface area contributed by atoms with Crippen LogP contribution in [0.2, 0.25) is 0 Å². The van der Waals surface area contributed by atoms with Crippen LogP contribution in [0.25, 0.3) is 54.3 Å². The van der Waals surface area contributed by atoms with E-state index in [1.54, 1.807) is 0 Å². The van der Waals surface area contributed by atoms with Gasteiger partial charge in [-0.2, -0.15) is 5.10 Å². The maximum absolute atomic E-state index is 13.5. The van der Waals surface area contributed by atoms with Crippen molar-refractivity contribution in [2.75, 3.05) is 12.4 Å². The Kier molecular flexibility index (Phi) is 7.51. The Morgan fingerprint density at radius 2 is 1.62 bits per heavy atom. The van der Waals surface area contributed by atoms with Crippen molar-refractivity contribution in [3.63, 3.8) is 0 Å². The minimum Gasteiger partial charge on any atom is -0.465 e. The van der Waals surface area contributed by atoms with Gasteiger partial charge in [-0.25, -0.2) is 14.8 Å². The molecule has 264 valence electrons. The van der Waals surface area contributed by atoms with Gasteiger partial charge in [-0.3, -0.25) is 14.8 Å². The second kappa shape index (κ2) is 12.3. The number of rotatable bonds is 7. The monoisotopic (exact) mass is 717 g/mol. The molecule has 0 aliphatic heterocycles. The fraction of sp³-hybridized carbons (Fsp3) is 0.295. The number of nitrogens with one attached hydrogen (secondary N) is 1. The minimum atomic E-state index is -0.401. The largest absolute Gasteiger partial charge is 0.465 e. The van der Waals surface area contributed by atoms with Crippen LogP contribution in [0.15, 0.2) is 91.1 Å². The number of methoxy groups -OCH3 is 1. The normalized spacial score (nSPS) is 21.8. The number of carbonyl (C=O) groups excluding carboxylic acids is 2. The van der Waals surface area contributed by atoms with Crippen molar-refractivity contribution in [2.45, 2.75) is 52.0 Å². The van der Waals surface area contributed by atoms with E-state index in [0.717, 1.165) is 78.8 Å². The van der Waals surface area contributed by atoms with E-state index in [1.807, 2.05) is 91.1 Å². The van der Waals surface area contributed by atoms with Crippen LogP contribution in [0.3, 0.4) is 0 Å². The summed E-state index contributed by atoms with van der Waals surface area (Å²) in [5.41, 5.74) is 7.39. The number of ether oxygens (including phenoxy) is 1. The van der Waals surface area contributed by atoms with Gasteiger partial charge in [0.2, 0.25) is 0 Å². The molecular formula is C44H39N5O3S. The molecular weight excluding hydrogens is 679 g/mol. The SMILES string of the molecule is COC(=O)c1c(-c2cnn(CC34CC5CC(CC(C5)C3)C4)c2C)ccc2nc(-c3cccc4ccc(C(=O)Nc5nc6ccccc6s5)cc34)ccc12. The summed E-state index contributed by atoms with van der Waals surface area (Å²) in [6.45, 7) is 3.08. The molecule has 53 heavy (non-hydrogen) atoms. The van der Waals surface area contributed by atoms with Crippen LogP contribution < -0.4 is 5.32 Å². The van der Waals surface area contributed by atoms with Gasteiger partial charge >= 0.3 is 5.97 Å². The summed E-state index contributed by atoms with van der Waals surface area (Å²) < 4.78 is 8.59. The van der Waals surface area contributed by atoms with Crippen molar-refractivity contribution >= 4 is 60.2 Å². The van der Waals surface area contributed by atoms with Crippen molar-refractivity contribution in [1.29, 1.82) is 0 Å². The summed E-state index contributed by atoms with van der Waals surface area (Å²) in [6.07, 6.45) is 10.1. The molecule has 3 aromatic heterocycles. The minimum absolute atomic E-state index is 0.223. The van der Waals surface area contributed by atoms with E-state index >= 15 is 0 Å². The van der Waals surface area contributed by atoms with Crippen LogP contribution in [-0.4, -0.2) is 38.7 Å². The van der Waals surface area contributed by atoms with Gasteiger partial charge in [0.25, 0.3) is 5.91 Å². The lowest BCUT2D eigenvalue weighted by Crippen LogP contribution is -2.48. The van der Waals surface area contributed by atoms with Crippen LogP contribution in [0.1, 0.15) is 64.9 Å². The number of nitrogens with zero attached hydrogens (tertiary/aromatic N) is 4. The van der Waals surface area contributed by atoms with E-state index in [-0.39, 0.29) is 5.91 Å². The maximum Gasteiger partial charge on any atom is 0.339 e. The summed E-state index contributed by atoms with van der Waals surface area (Å²) in [5, 5.41) is 11.1. The highest BCUT2D eigenvalue weighted by Crippen LogP contribution is 2.60. The Hall–Kier alpha value is -5.41. The van der Waals surface area contributed by atoms with Gasteiger partial charge in [-0.05, 0) is 122 Å². The number of pyridine rings is 1. The zero-order valence-electron chi connectivity index (χ0n) is 29.8. The first-order valence-electron chi connectivity index (χ1n) is 18.6. The highest BCUT2D eigenvalue weighted by molar-refractivity contribution is 7.22. The first-order chi connectivity index (χ1) is 25.8. The number of esters is 1. The predicted molar refractivity (Wildman–Crippen MR) is 210 cm³/mol. The number of carbonyl (C=O) groups is 2. The molecule has 0 saturated heterocycles. The van der Waals surface area contributed by atoms with Gasteiger partial charge < -0.3 is 4.74 Å². The van der Waals surface area contributed by atoms with Gasteiger partial charge in [0, 0.05) is 39.9 Å². The number of thiazole rings is 1. The van der Waals surface area contributed by atoms with Crippen LogP contribution in [0, 0.1) is 30.1 Å². The third-order valence-corrected chi connectivity index (χ3v) is 13.2. The molecule has 0 spiro atoms. The highest BCUT2D eigenvalue weighted by atomic mass is 32.1. The molecule has 8 nitrogen and oxygen atoms in total. The maximum atomic E-state index is 13.5. The van der Waals surface area contributed by atoms with Crippen molar-refractivity contribution < 1.29 is 14.3 Å². The first kappa shape index (κ1) is 32.3. The fourth-order valence-electron chi connectivity index (χ4n) is 10.3. The molecule has 11 rings (SSSR count). The van der Waals surface area contributed by atoms with E-state index < -0.39 is 5.97 Å². The number of fused-ring (bicyclic) bond motifs is 3. The molecule has 7 aromatic rings.